The molecule has 1 aliphatic rings. The Morgan fingerprint density at radius 2 is 1.21 bits per heavy atom. The second-order valence-corrected chi connectivity index (χ2v) is 9.53. The van der Waals surface area contributed by atoms with Crippen molar-refractivity contribution in [3.05, 3.63) is 108 Å². The summed E-state index contributed by atoms with van der Waals surface area (Å²) in [5.41, 5.74) is 2.12. The van der Waals surface area contributed by atoms with E-state index in [0.29, 0.717) is 29.8 Å². The zero-order valence-corrected chi connectivity index (χ0v) is 23.6. The van der Waals surface area contributed by atoms with Crippen LogP contribution in [0.2, 0.25) is 0 Å². The maximum absolute atomic E-state index is 13.4. The van der Waals surface area contributed by atoms with Crippen LogP contribution in [0.1, 0.15) is 27.6 Å². The third-order valence-electron chi connectivity index (χ3n) is 6.61. The van der Waals surface area contributed by atoms with E-state index >= 15 is 0 Å². The number of piperazine rings is 1. The van der Waals surface area contributed by atoms with E-state index in [4.69, 9.17) is 14.9 Å². The van der Waals surface area contributed by atoms with E-state index in [1.54, 1.807) is 31.4 Å². The molecule has 1 heterocycles. The summed E-state index contributed by atoms with van der Waals surface area (Å²) in [6, 6.07) is 25.8. The van der Waals surface area contributed by atoms with Crippen LogP contribution in [0.25, 0.3) is 0 Å². The highest BCUT2D eigenvalue weighted by molar-refractivity contribution is 6.10. The van der Waals surface area contributed by atoms with Gasteiger partial charge in [-0.25, -0.2) is 9.59 Å². The van der Waals surface area contributed by atoms with E-state index in [9.17, 15) is 19.2 Å². The Labute approximate surface area is 245 Å². The summed E-state index contributed by atoms with van der Waals surface area (Å²) in [4.78, 5) is 52.0. The molecule has 1 unspecified atom stereocenters. The van der Waals surface area contributed by atoms with E-state index in [-0.39, 0.29) is 17.9 Å². The van der Waals surface area contributed by atoms with E-state index in [2.05, 4.69) is 15.9 Å². The lowest BCUT2D eigenvalue weighted by Gasteiger charge is -2.39. The average molecular weight is 574 g/mol. The normalized spacial score (nSPS) is 13.9. The van der Waals surface area contributed by atoms with Gasteiger partial charge in [0, 0.05) is 56.0 Å². The molecule has 1 aliphatic heterocycles. The van der Waals surface area contributed by atoms with E-state index in [1.165, 1.54) is 4.90 Å². The van der Waals surface area contributed by atoms with Gasteiger partial charge in [0.1, 0.15) is 5.75 Å². The molecule has 42 heavy (non-hydrogen) atoms. The molecule has 0 spiro atoms. The molecule has 0 aliphatic carbocycles. The maximum Gasteiger partial charge on any atom is 0.328 e. The topological polar surface area (TPSA) is 128 Å². The number of carboxylic acid groups (broad SMARTS) is 2. The molecule has 0 saturated carbocycles. The molecule has 0 bridgehead atoms. The first kappa shape index (κ1) is 31.6. The van der Waals surface area contributed by atoms with Crippen molar-refractivity contribution in [2.24, 2.45) is 0 Å². The van der Waals surface area contributed by atoms with Crippen LogP contribution in [0.4, 0.5) is 5.69 Å². The quantitative estimate of drug-likeness (QED) is 0.289. The lowest BCUT2D eigenvalue weighted by molar-refractivity contribution is -0.134. The van der Waals surface area contributed by atoms with Crippen LogP contribution in [0.3, 0.4) is 0 Å². The Hall–Kier alpha value is -4.96. The Bertz CT molecular complexity index is 1300. The van der Waals surface area contributed by atoms with Gasteiger partial charge in [-0.3, -0.25) is 19.4 Å². The summed E-state index contributed by atoms with van der Waals surface area (Å²) in [6.45, 7) is 5.97. The van der Waals surface area contributed by atoms with Gasteiger partial charge in [0.2, 0.25) is 0 Å². The second kappa shape index (κ2) is 15.7. The number of nitrogens with zero attached hydrogens (tertiary/aromatic N) is 3. The first-order valence-corrected chi connectivity index (χ1v) is 13.4. The molecule has 2 amide bonds. The summed E-state index contributed by atoms with van der Waals surface area (Å²) < 4.78 is 5.52. The van der Waals surface area contributed by atoms with Gasteiger partial charge in [-0.15, -0.1) is 0 Å². The fourth-order valence-electron chi connectivity index (χ4n) is 4.59. The minimum absolute atomic E-state index is 0.269. The van der Waals surface area contributed by atoms with E-state index in [1.807, 2.05) is 61.5 Å². The molecule has 10 nitrogen and oxygen atoms in total. The molecule has 220 valence electrons. The number of carbonyl (C=O) groups is 4. The summed E-state index contributed by atoms with van der Waals surface area (Å²) in [5, 5.41) is 15.6. The lowest BCUT2D eigenvalue weighted by atomic mass is 10.1. The minimum atomic E-state index is -1.26. The highest BCUT2D eigenvalue weighted by Gasteiger charge is 2.31. The summed E-state index contributed by atoms with van der Waals surface area (Å²) in [5.74, 6) is -2.18. The van der Waals surface area contributed by atoms with Crippen LogP contribution in [0.5, 0.6) is 5.75 Å². The Balaban J connectivity index is 0.000000531. The molecule has 1 fully saturated rings. The second-order valence-electron chi connectivity index (χ2n) is 9.53. The van der Waals surface area contributed by atoms with Crippen molar-refractivity contribution in [1.82, 2.24) is 9.80 Å². The Kier molecular flexibility index (Phi) is 11.8. The number of para-hydroxylation sites is 2. The van der Waals surface area contributed by atoms with Crippen LogP contribution in [-0.4, -0.2) is 89.6 Å². The largest absolute Gasteiger partial charge is 0.495 e. The molecule has 4 rings (SSSR count). The molecule has 2 N–H and O–H groups in total. The lowest BCUT2D eigenvalue weighted by Crippen LogP contribution is -2.53. The number of aliphatic carboxylic acids is 2. The van der Waals surface area contributed by atoms with Crippen molar-refractivity contribution >= 4 is 29.4 Å². The van der Waals surface area contributed by atoms with E-state index in [0.717, 1.165) is 37.6 Å². The number of imide groups is 1. The number of methoxy groups -OCH3 is 1. The van der Waals surface area contributed by atoms with Crippen LogP contribution in [0, 0.1) is 0 Å². The fourth-order valence-corrected chi connectivity index (χ4v) is 4.59. The van der Waals surface area contributed by atoms with Crippen molar-refractivity contribution in [3.63, 3.8) is 0 Å². The van der Waals surface area contributed by atoms with Crippen molar-refractivity contribution in [1.29, 1.82) is 0 Å². The van der Waals surface area contributed by atoms with Crippen LogP contribution in [0.15, 0.2) is 97.1 Å². The molecular formula is C32H35N3O7. The number of anilines is 1. The molecular weight excluding hydrogens is 538 g/mol. The maximum atomic E-state index is 13.4. The highest BCUT2D eigenvalue weighted by Crippen LogP contribution is 2.28. The van der Waals surface area contributed by atoms with Gasteiger partial charge in [0.15, 0.2) is 0 Å². The molecule has 1 saturated heterocycles. The molecule has 1 atom stereocenters. The van der Waals surface area contributed by atoms with Gasteiger partial charge >= 0.3 is 11.9 Å². The number of carbonyl (C=O) groups excluding carboxylic acids is 2. The van der Waals surface area contributed by atoms with Gasteiger partial charge in [-0.2, -0.15) is 0 Å². The van der Waals surface area contributed by atoms with Gasteiger partial charge in [0.25, 0.3) is 11.8 Å². The van der Waals surface area contributed by atoms with Gasteiger partial charge in [-0.05, 0) is 43.3 Å². The van der Waals surface area contributed by atoms with E-state index < -0.39 is 11.9 Å². The average Bonchev–Trinajstić information content (AvgIpc) is 3.01. The third kappa shape index (κ3) is 9.03. The predicted octanol–water partition coefficient (Wildman–Crippen LogP) is 3.90. The summed E-state index contributed by atoms with van der Waals surface area (Å²) >= 11 is 0. The number of rotatable bonds is 9. The molecule has 0 aromatic heterocycles. The monoisotopic (exact) mass is 573 g/mol. The summed E-state index contributed by atoms with van der Waals surface area (Å²) in [6.07, 6.45) is 1.12. The zero-order chi connectivity index (χ0) is 30.5. The Morgan fingerprint density at radius 1 is 0.762 bits per heavy atom. The SMILES string of the molecule is COc1ccccc1N1CCN(CC(C)N(C(=O)c2ccccc2)C(=O)c2ccccc2)CC1.O=C(O)/C=C/C(=O)O. The first-order valence-electron chi connectivity index (χ1n) is 13.4. The number of benzene rings is 3. The zero-order valence-electron chi connectivity index (χ0n) is 23.6. The molecule has 10 heteroatoms. The van der Waals surface area contributed by atoms with Gasteiger partial charge in [-0.1, -0.05) is 48.5 Å². The van der Waals surface area contributed by atoms with Crippen molar-refractivity contribution in [2.75, 3.05) is 44.7 Å². The van der Waals surface area contributed by atoms with Crippen molar-refractivity contribution in [2.45, 2.75) is 13.0 Å². The number of carboxylic acids is 2. The van der Waals surface area contributed by atoms with Gasteiger partial charge in [0.05, 0.1) is 18.8 Å². The van der Waals surface area contributed by atoms with Crippen LogP contribution < -0.4 is 9.64 Å². The number of amides is 2. The van der Waals surface area contributed by atoms with Crippen LogP contribution in [-0.2, 0) is 9.59 Å². The molecule has 3 aromatic carbocycles. The molecule has 0 radical (unpaired) electrons. The molecule has 3 aromatic rings. The van der Waals surface area contributed by atoms with Crippen molar-refractivity contribution < 1.29 is 34.1 Å². The number of ether oxygens (including phenoxy) is 1. The number of hydrogen-bond donors (Lipinski definition) is 2. The van der Waals surface area contributed by atoms with Crippen LogP contribution >= 0.6 is 0 Å². The first-order chi connectivity index (χ1) is 20.2. The minimum Gasteiger partial charge on any atom is -0.495 e. The highest BCUT2D eigenvalue weighted by atomic mass is 16.5. The standard InChI is InChI=1S/C28H31N3O3.C4H4O4/c1-22(21-29-17-19-30(20-18-29)25-15-9-10-16-26(25)34-2)31(27(32)23-11-5-3-6-12-23)28(33)24-13-7-4-8-14-24;5-3(6)1-2-4(7)8/h3-16,22H,17-21H2,1-2H3;1-2H,(H,5,6)(H,7,8)/b;2-1+. The number of hydrogen-bond acceptors (Lipinski definition) is 7. The fraction of sp³-hybridized carbons (Fsp3) is 0.250. The smallest absolute Gasteiger partial charge is 0.328 e. The summed E-state index contributed by atoms with van der Waals surface area (Å²) in [7, 11) is 1.69. The predicted molar refractivity (Wildman–Crippen MR) is 159 cm³/mol. The van der Waals surface area contributed by atoms with Crippen molar-refractivity contribution in [3.8, 4) is 5.75 Å². The Morgan fingerprint density at radius 3 is 1.67 bits per heavy atom. The third-order valence-corrected chi connectivity index (χ3v) is 6.61. The van der Waals surface area contributed by atoms with Gasteiger partial charge < -0.3 is 19.8 Å².